The highest BCUT2D eigenvalue weighted by atomic mass is 31.2. The normalized spacial score (nSPS) is 12.9. The van der Waals surface area contributed by atoms with Crippen molar-refractivity contribution < 1.29 is 0 Å². The van der Waals surface area contributed by atoms with Gasteiger partial charge in [0, 0.05) is 0 Å². The summed E-state index contributed by atoms with van der Waals surface area (Å²) in [5.41, 5.74) is 11.9. The van der Waals surface area contributed by atoms with E-state index in [9.17, 15) is 0 Å². The van der Waals surface area contributed by atoms with Gasteiger partial charge in [-0.1, -0.05) is 106 Å². The van der Waals surface area contributed by atoms with E-state index in [-0.39, 0.29) is 0 Å². The van der Waals surface area contributed by atoms with E-state index >= 15 is 0 Å². The molecule has 1 aliphatic rings. The van der Waals surface area contributed by atoms with E-state index in [2.05, 4.69) is 205 Å². The largest absolute Gasteiger partial charge is 0.155 e. The van der Waals surface area contributed by atoms with E-state index in [1.54, 1.807) is 0 Å². The molecule has 240 valence electrons. The van der Waals surface area contributed by atoms with E-state index in [1.807, 2.05) is 0 Å². The molecule has 0 saturated heterocycles. The Morgan fingerprint density at radius 1 is 0.265 bits per heavy atom. The SMILES string of the molecule is Cc1ccc([P+](C2=C=C([P+](c3ccc(C)cc3)(c3ccc(C)cc3)c3ccc(C)cc3)C=C2)(c2ccc(C)cc2)c2ccc(C)cc2)cc1. The molecule has 0 amide bonds. The highest BCUT2D eigenvalue weighted by molar-refractivity contribution is 8.00. The van der Waals surface area contributed by atoms with E-state index in [0.717, 1.165) is 0 Å². The standard InChI is InChI=1S/C47H44P2/c1-34-7-19-40(20-8-34)48(41-21-9-35(2)10-22-41,42-23-11-36(3)12-24-42)46-31-32-47(33-46)49(43-25-13-37(4)14-26-43,44-27-15-38(5)16-28-44)45-29-17-39(6)18-30-45/h7-32H,1-6H3/q+2. The van der Waals surface area contributed by atoms with Crippen LogP contribution in [0.4, 0.5) is 0 Å². The van der Waals surface area contributed by atoms with Crippen molar-refractivity contribution in [1.29, 1.82) is 0 Å². The molecule has 0 spiro atoms. The molecule has 0 fully saturated rings. The van der Waals surface area contributed by atoms with E-state index in [4.69, 9.17) is 0 Å². The molecule has 0 bridgehead atoms. The molecule has 0 aromatic heterocycles. The molecule has 49 heavy (non-hydrogen) atoms. The van der Waals surface area contributed by atoms with Gasteiger partial charge in [-0.3, -0.25) is 0 Å². The van der Waals surface area contributed by atoms with Crippen molar-refractivity contribution in [2.24, 2.45) is 0 Å². The summed E-state index contributed by atoms with van der Waals surface area (Å²) in [5.74, 6) is 0. The predicted molar refractivity (Wildman–Crippen MR) is 218 cm³/mol. The Morgan fingerprint density at radius 2 is 0.429 bits per heavy atom. The van der Waals surface area contributed by atoms with Crippen molar-refractivity contribution in [3.63, 3.8) is 0 Å². The molecule has 0 N–H and O–H groups in total. The zero-order chi connectivity index (χ0) is 34.2. The molecule has 0 unspecified atom stereocenters. The lowest BCUT2D eigenvalue weighted by Crippen LogP contribution is -2.32. The first-order valence-corrected chi connectivity index (χ1v) is 20.7. The second-order valence-corrected chi connectivity index (χ2v) is 20.3. The van der Waals surface area contributed by atoms with Gasteiger partial charge < -0.3 is 0 Å². The van der Waals surface area contributed by atoms with Crippen LogP contribution < -0.4 is 31.8 Å². The first kappa shape index (κ1) is 33.0. The maximum absolute atomic E-state index is 4.27. The minimum Gasteiger partial charge on any atom is -0.0554 e. The van der Waals surface area contributed by atoms with Crippen molar-refractivity contribution in [1.82, 2.24) is 0 Å². The van der Waals surface area contributed by atoms with Crippen LogP contribution in [0.3, 0.4) is 0 Å². The van der Waals surface area contributed by atoms with Gasteiger partial charge >= 0.3 is 0 Å². The van der Waals surface area contributed by atoms with Gasteiger partial charge in [0.05, 0.1) is 0 Å². The topological polar surface area (TPSA) is 0 Å². The Morgan fingerprint density at radius 3 is 0.592 bits per heavy atom. The summed E-state index contributed by atoms with van der Waals surface area (Å²) in [7, 11) is -4.70. The quantitative estimate of drug-likeness (QED) is 0.112. The molecule has 0 nitrogen and oxygen atoms in total. The lowest BCUT2D eigenvalue weighted by molar-refractivity contribution is 1.48. The van der Waals surface area contributed by atoms with Crippen LogP contribution in [0.25, 0.3) is 0 Å². The van der Waals surface area contributed by atoms with Crippen LogP contribution in [0, 0.1) is 41.5 Å². The molecule has 0 aliphatic heterocycles. The summed E-state index contributed by atoms with van der Waals surface area (Å²) in [6.45, 7) is 13.1. The summed E-state index contributed by atoms with van der Waals surface area (Å²) in [6.07, 6.45) is 4.82. The third kappa shape index (κ3) is 5.90. The van der Waals surface area contributed by atoms with Gasteiger partial charge in [-0.2, -0.15) is 0 Å². The maximum atomic E-state index is 4.27. The van der Waals surface area contributed by atoms with Gasteiger partial charge in [-0.25, -0.2) is 0 Å². The molecule has 6 aromatic rings. The Labute approximate surface area is 294 Å². The first-order chi connectivity index (χ1) is 23.7. The minimum atomic E-state index is -2.35. The van der Waals surface area contributed by atoms with E-state index < -0.39 is 14.5 Å². The van der Waals surface area contributed by atoms with Crippen molar-refractivity contribution in [2.45, 2.75) is 41.5 Å². The van der Waals surface area contributed by atoms with Gasteiger partial charge in [-0.05, 0) is 132 Å². The Hall–Kier alpha value is -4.56. The molecule has 2 heteroatoms. The smallest absolute Gasteiger partial charge is 0.0554 e. The molecule has 0 radical (unpaired) electrons. The summed E-state index contributed by atoms with van der Waals surface area (Å²) in [4.78, 5) is 0. The van der Waals surface area contributed by atoms with Gasteiger partial charge in [0.15, 0.2) is 25.2 Å². The van der Waals surface area contributed by atoms with Crippen LogP contribution in [0.15, 0.2) is 174 Å². The lowest BCUT2D eigenvalue weighted by atomic mass is 10.2. The third-order valence-corrected chi connectivity index (χ3v) is 18.3. The second kappa shape index (κ2) is 13.4. The van der Waals surface area contributed by atoms with Crippen LogP contribution in [0.5, 0.6) is 0 Å². The highest BCUT2D eigenvalue weighted by Crippen LogP contribution is 2.68. The Bertz CT molecular complexity index is 1810. The van der Waals surface area contributed by atoms with Crippen molar-refractivity contribution >= 4 is 46.4 Å². The maximum Gasteiger partial charge on any atom is 0.155 e. The zero-order valence-corrected chi connectivity index (χ0v) is 31.2. The fourth-order valence-corrected chi connectivity index (χ4v) is 15.4. The molecule has 0 saturated carbocycles. The fourth-order valence-electron chi connectivity index (χ4n) is 7.10. The van der Waals surface area contributed by atoms with Crippen LogP contribution in [-0.4, -0.2) is 0 Å². The van der Waals surface area contributed by atoms with Gasteiger partial charge in [0.1, 0.15) is 31.8 Å². The lowest BCUT2D eigenvalue weighted by Gasteiger charge is -2.27. The molecule has 7 rings (SSSR count). The average Bonchev–Trinajstić information content (AvgIpc) is 3.60. The molecule has 0 heterocycles. The minimum absolute atomic E-state index is 1.27. The number of benzene rings is 6. The van der Waals surface area contributed by atoms with Crippen LogP contribution >= 0.6 is 14.5 Å². The molecule has 1 aliphatic carbocycles. The summed E-state index contributed by atoms with van der Waals surface area (Å²) < 4.78 is 0. The van der Waals surface area contributed by atoms with E-state index in [1.165, 1.54) is 75.8 Å². The fraction of sp³-hybridized carbons (Fsp3) is 0.128. The average molecular weight is 671 g/mol. The number of rotatable bonds is 8. The number of aryl methyl sites for hydroxylation is 6. The van der Waals surface area contributed by atoms with Crippen molar-refractivity contribution in [2.75, 3.05) is 0 Å². The van der Waals surface area contributed by atoms with Crippen LogP contribution in [0.1, 0.15) is 33.4 Å². The number of allylic oxidation sites excluding steroid dienone is 3. The summed E-state index contributed by atoms with van der Waals surface area (Å²) in [6, 6.07) is 55.7. The van der Waals surface area contributed by atoms with E-state index in [0.29, 0.717) is 0 Å². The first-order valence-electron chi connectivity index (χ1n) is 17.1. The van der Waals surface area contributed by atoms with Crippen LogP contribution in [-0.2, 0) is 0 Å². The summed E-state index contributed by atoms with van der Waals surface area (Å²) >= 11 is 0. The van der Waals surface area contributed by atoms with Gasteiger partial charge in [-0.15, -0.1) is 0 Å². The Balaban J connectivity index is 1.64. The number of hydrogen-bond acceptors (Lipinski definition) is 0. The van der Waals surface area contributed by atoms with Gasteiger partial charge in [0.2, 0.25) is 0 Å². The molecule has 6 aromatic carbocycles. The summed E-state index contributed by atoms with van der Waals surface area (Å²) in [5, 5.41) is 10.7. The number of hydrogen-bond donors (Lipinski definition) is 0. The van der Waals surface area contributed by atoms with Crippen LogP contribution in [0.2, 0.25) is 0 Å². The Kier molecular flexibility index (Phi) is 9.01. The zero-order valence-electron chi connectivity index (χ0n) is 29.4. The second-order valence-electron chi connectivity index (χ2n) is 13.6. The monoisotopic (exact) mass is 670 g/mol. The third-order valence-electron chi connectivity index (χ3n) is 9.91. The molecular formula is C47H44P2+2. The predicted octanol–water partition coefficient (Wildman–Crippen LogP) is 9.76. The molecular weight excluding hydrogens is 626 g/mol. The van der Waals surface area contributed by atoms with Gasteiger partial charge in [0.25, 0.3) is 0 Å². The highest BCUT2D eigenvalue weighted by Gasteiger charge is 2.54. The van der Waals surface area contributed by atoms with Crippen molar-refractivity contribution in [3.8, 4) is 0 Å². The molecule has 0 atom stereocenters. The van der Waals surface area contributed by atoms with Crippen molar-refractivity contribution in [3.05, 3.63) is 207 Å².